The molecule has 106 valence electrons. The molecule has 2 rings (SSSR count). The maximum Gasteiger partial charge on any atom is 0.330 e. The molecule has 1 fully saturated rings. The number of aliphatic hydroxyl groups is 2. The van der Waals surface area contributed by atoms with Crippen molar-refractivity contribution in [2.24, 2.45) is 11.7 Å². The standard InChI is InChI=1S/C11H17N3O5/c1-5-3-14(11(18)13-9(5)17)10-8(16)6(2-12)7(4-15)19-10/h3,6-8,10,15-16H,2,4,12H2,1H3,(H,13,17,18)/t6-,7+,8-,10+/m0/s1. The summed E-state index contributed by atoms with van der Waals surface area (Å²) in [6.07, 6.45) is -1.30. The predicted molar refractivity (Wildman–Crippen MR) is 65.6 cm³/mol. The van der Waals surface area contributed by atoms with Crippen molar-refractivity contribution in [3.05, 3.63) is 32.6 Å². The number of hydrogen-bond acceptors (Lipinski definition) is 6. The highest BCUT2D eigenvalue weighted by atomic mass is 16.5. The van der Waals surface area contributed by atoms with Crippen molar-refractivity contribution in [2.45, 2.75) is 25.4 Å². The van der Waals surface area contributed by atoms with Crippen LogP contribution in [0.3, 0.4) is 0 Å². The summed E-state index contributed by atoms with van der Waals surface area (Å²) >= 11 is 0. The quantitative estimate of drug-likeness (QED) is 0.488. The molecule has 0 radical (unpaired) electrons. The first-order valence-electron chi connectivity index (χ1n) is 5.96. The second kappa shape index (κ2) is 5.25. The molecule has 0 spiro atoms. The average Bonchev–Trinajstić information content (AvgIpc) is 2.70. The predicted octanol–water partition coefficient (Wildman–Crippen LogP) is -2.33. The van der Waals surface area contributed by atoms with E-state index in [4.69, 9.17) is 10.5 Å². The molecule has 5 N–H and O–H groups in total. The smallest absolute Gasteiger partial charge is 0.330 e. The van der Waals surface area contributed by atoms with Crippen LogP contribution in [0.1, 0.15) is 11.8 Å². The summed E-state index contributed by atoms with van der Waals surface area (Å²) in [7, 11) is 0. The van der Waals surface area contributed by atoms with Gasteiger partial charge in [0.25, 0.3) is 5.56 Å². The number of aromatic nitrogens is 2. The van der Waals surface area contributed by atoms with Crippen molar-refractivity contribution in [1.29, 1.82) is 0 Å². The maximum absolute atomic E-state index is 11.7. The van der Waals surface area contributed by atoms with E-state index in [2.05, 4.69) is 4.98 Å². The van der Waals surface area contributed by atoms with Gasteiger partial charge in [-0.05, 0) is 6.92 Å². The lowest BCUT2D eigenvalue weighted by Crippen LogP contribution is -2.38. The number of aliphatic hydroxyl groups excluding tert-OH is 2. The van der Waals surface area contributed by atoms with Gasteiger partial charge in [-0.15, -0.1) is 0 Å². The molecule has 0 aliphatic carbocycles. The van der Waals surface area contributed by atoms with Crippen molar-refractivity contribution in [1.82, 2.24) is 9.55 Å². The summed E-state index contributed by atoms with van der Waals surface area (Å²) < 4.78 is 6.56. The van der Waals surface area contributed by atoms with Crippen LogP contribution in [0.15, 0.2) is 15.8 Å². The Morgan fingerprint density at radius 2 is 2.21 bits per heavy atom. The van der Waals surface area contributed by atoms with Gasteiger partial charge in [0.2, 0.25) is 0 Å². The van der Waals surface area contributed by atoms with Gasteiger partial charge in [-0.1, -0.05) is 0 Å². The minimum atomic E-state index is -1.02. The fraction of sp³-hybridized carbons (Fsp3) is 0.636. The first kappa shape index (κ1) is 13.9. The van der Waals surface area contributed by atoms with Crippen LogP contribution in [-0.2, 0) is 4.74 Å². The van der Waals surface area contributed by atoms with E-state index in [1.807, 2.05) is 0 Å². The van der Waals surface area contributed by atoms with Crippen molar-refractivity contribution < 1.29 is 14.9 Å². The molecule has 1 aliphatic rings. The molecule has 0 saturated carbocycles. The largest absolute Gasteiger partial charge is 0.394 e. The zero-order valence-electron chi connectivity index (χ0n) is 10.4. The lowest BCUT2D eigenvalue weighted by molar-refractivity contribution is -0.0536. The van der Waals surface area contributed by atoms with Crippen LogP contribution in [-0.4, -0.2) is 45.1 Å². The number of aryl methyl sites for hydroxylation is 1. The van der Waals surface area contributed by atoms with Crippen LogP contribution in [0.4, 0.5) is 0 Å². The molecule has 19 heavy (non-hydrogen) atoms. The number of rotatable bonds is 3. The van der Waals surface area contributed by atoms with Gasteiger partial charge in [-0.25, -0.2) is 4.79 Å². The van der Waals surface area contributed by atoms with Gasteiger partial charge in [-0.3, -0.25) is 14.3 Å². The molecular formula is C11H17N3O5. The number of nitrogens with zero attached hydrogens (tertiary/aromatic N) is 1. The third kappa shape index (κ3) is 2.35. The van der Waals surface area contributed by atoms with E-state index in [0.717, 1.165) is 4.57 Å². The molecule has 1 saturated heterocycles. The summed E-state index contributed by atoms with van der Waals surface area (Å²) in [5, 5.41) is 19.3. The number of ether oxygens (including phenoxy) is 1. The van der Waals surface area contributed by atoms with Crippen LogP contribution in [0.5, 0.6) is 0 Å². The Hall–Kier alpha value is -1.48. The lowest BCUT2D eigenvalue weighted by Gasteiger charge is -2.18. The number of nitrogens with two attached hydrogens (primary N) is 1. The molecule has 2 heterocycles. The van der Waals surface area contributed by atoms with E-state index in [1.165, 1.54) is 6.20 Å². The Morgan fingerprint density at radius 3 is 2.74 bits per heavy atom. The Balaban J connectivity index is 2.41. The Labute approximate surface area is 108 Å². The van der Waals surface area contributed by atoms with Crippen LogP contribution in [0.25, 0.3) is 0 Å². The first-order valence-corrected chi connectivity index (χ1v) is 5.96. The average molecular weight is 271 g/mol. The zero-order valence-corrected chi connectivity index (χ0v) is 10.4. The Bertz CT molecular complexity index is 566. The van der Waals surface area contributed by atoms with E-state index in [1.54, 1.807) is 6.92 Å². The molecular weight excluding hydrogens is 254 g/mol. The minimum absolute atomic E-state index is 0.125. The molecule has 0 bridgehead atoms. The summed E-state index contributed by atoms with van der Waals surface area (Å²) in [6, 6.07) is 0. The van der Waals surface area contributed by atoms with Gasteiger partial charge in [0.1, 0.15) is 6.10 Å². The number of nitrogens with one attached hydrogen (secondary N) is 1. The second-order valence-corrected chi connectivity index (χ2v) is 4.62. The lowest BCUT2D eigenvalue weighted by atomic mass is 9.98. The third-order valence-electron chi connectivity index (χ3n) is 3.39. The van der Waals surface area contributed by atoms with Crippen molar-refractivity contribution in [3.63, 3.8) is 0 Å². The molecule has 1 aromatic heterocycles. The van der Waals surface area contributed by atoms with Gasteiger partial charge in [0, 0.05) is 24.2 Å². The summed E-state index contributed by atoms with van der Waals surface area (Å²) in [5.41, 5.74) is 4.70. The summed E-state index contributed by atoms with van der Waals surface area (Å²) in [6.45, 7) is 1.37. The van der Waals surface area contributed by atoms with Crippen LogP contribution >= 0.6 is 0 Å². The summed E-state index contributed by atoms with van der Waals surface area (Å²) in [5.74, 6) is -0.464. The Kier molecular flexibility index (Phi) is 3.85. The van der Waals surface area contributed by atoms with Crippen LogP contribution < -0.4 is 17.0 Å². The van der Waals surface area contributed by atoms with Crippen molar-refractivity contribution in [2.75, 3.05) is 13.2 Å². The Morgan fingerprint density at radius 1 is 1.53 bits per heavy atom. The van der Waals surface area contributed by atoms with Gasteiger partial charge in [0.15, 0.2) is 6.23 Å². The van der Waals surface area contributed by atoms with Gasteiger partial charge < -0.3 is 20.7 Å². The van der Waals surface area contributed by atoms with E-state index in [0.29, 0.717) is 5.56 Å². The second-order valence-electron chi connectivity index (χ2n) is 4.62. The molecule has 0 amide bonds. The molecule has 8 heteroatoms. The van der Waals surface area contributed by atoms with Crippen LogP contribution in [0.2, 0.25) is 0 Å². The highest BCUT2D eigenvalue weighted by Gasteiger charge is 2.43. The topological polar surface area (TPSA) is 131 Å². The minimum Gasteiger partial charge on any atom is -0.394 e. The highest BCUT2D eigenvalue weighted by Crippen LogP contribution is 2.32. The van der Waals surface area contributed by atoms with Crippen molar-refractivity contribution in [3.8, 4) is 0 Å². The SMILES string of the molecule is Cc1cn([C@@H]2O[C@H](CO)[C@H](CN)[C@@H]2O)c(=O)[nH]c1=O. The number of hydrogen-bond donors (Lipinski definition) is 4. The zero-order chi connectivity index (χ0) is 14.2. The van der Waals surface area contributed by atoms with E-state index in [9.17, 15) is 19.8 Å². The number of H-pyrrole nitrogens is 1. The third-order valence-corrected chi connectivity index (χ3v) is 3.39. The van der Waals surface area contributed by atoms with E-state index >= 15 is 0 Å². The molecule has 8 nitrogen and oxygen atoms in total. The van der Waals surface area contributed by atoms with Crippen molar-refractivity contribution >= 4 is 0 Å². The van der Waals surface area contributed by atoms with Gasteiger partial charge >= 0.3 is 5.69 Å². The first-order chi connectivity index (χ1) is 8.99. The number of aromatic amines is 1. The van der Waals surface area contributed by atoms with E-state index in [-0.39, 0.29) is 13.2 Å². The fourth-order valence-corrected chi connectivity index (χ4v) is 2.27. The van der Waals surface area contributed by atoms with Gasteiger partial charge in [0.05, 0.1) is 12.7 Å². The molecule has 0 unspecified atom stereocenters. The summed E-state index contributed by atoms with van der Waals surface area (Å²) in [4.78, 5) is 25.2. The van der Waals surface area contributed by atoms with Crippen LogP contribution in [0, 0.1) is 12.8 Å². The molecule has 1 aliphatic heterocycles. The maximum atomic E-state index is 11.7. The van der Waals surface area contributed by atoms with E-state index < -0.39 is 35.6 Å². The monoisotopic (exact) mass is 271 g/mol. The molecule has 1 aromatic rings. The molecule has 4 atom stereocenters. The van der Waals surface area contributed by atoms with Gasteiger partial charge in [-0.2, -0.15) is 0 Å². The highest BCUT2D eigenvalue weighted by molar-refractivity contribution is 5.03. The molecule has 0 aromatic carbocycles. The normalized spacial score (nSPS) is 30.7. The fourth-order valence-electron chi connectivity index (χ4n) is 2.27.